The van der Waals surface area contributed by atoms with E-state index in [-0.39, 0.29) is 29.9 Å². The average Bonchev–Trinajstić information content (AvgIpc) is 2.79. The molecule has 0 fully saturated rings. The van der Waals surface area contributed by atoms with Crippen LogP contribution in [0.25, 0.3) is 0 Å². The van der Waals surface area contributed by atoms with Crippen molar-refractivity contribution in [1.82, 2.24) is 16.0 Å². The Morgan fingerprint density at radius 2 is 1.26 bits per heavy atom. The van der Waals surface area contributed by atoms with Gasteiger partial charge in [0.15, 0.2) is 0 Å². The summed E-state index contributed by atoms with van der Waals surface area (Å²) < 4.78 is 0. The Morgan fingerprint density at radius 1 is 0.800 bits per heavy atom. The normalized spacial score (nSPS) is 15.6. The molecule has 1 aromatic rings. The summed E-state index contributed by atoms with van der Waals surface area (Å²) in [6.45, 7) is 10.5. The third-order valence-electron chi connectivity index (χ3n) is 6.00. The van der Waals surface area contributed by atoms with Crippen molar-refractivity contribution in [1.29, 1.82) is 0 Å². The van der Waals surface area contributed by atoms with Crippen molar-refractivity contribution in [3.05, 3.63) is 29.8 Å². The lowest BCUT2D eigenvalue weighted by Crippen LogP contribution is -2.60. The van der Waals surface area contributed by atoms with Crippen LogP contribution in [0.5, 0.6) is 5.75 Å². The smallest absolute Gasteiger partial charge is 0.326 e. The molecule has 0 saturated carbocycles. The van der Waals surface area contributed by atoms with Gasteiger partial charge in [-0.05, 0) is 41.9 Å². The number of aliphatic carboxylic acids is 1. The lowest BCUT2D eigenvalue weighted by atomic mass is 9.95. The van der Waals surface area contributed by atoms with Crippen molar-refractivity contribution in [3.8, 4) is 5.75 Å². The molecule has 7 N–H and O–H groups in total. The highest BCUT2D eigenvalue weighted by Gasteiger charge is 2.34. The zero-order valence-electron chi connectivity index (χ0n) is 21.4. The summed E-state index contributed by atoms with van der Waals surface area (Å²) in [5.41, 5.74) is 6.81. The monoisotopic (exact) mass is 492 g/mol. The highest BCUT2D eigenvalue weighted by Crippen LogP contribution is 2.13. The second-order valence-electron chi connectivity index (χ2n) is 9.65. The van der Waals surface area contributed by atoms with Crippen LogP contribution in [0, 0.1) is 17.8 Å². The van der Waals surface area contributed by atoms with Gasteiger partial charge in [0, 0.05) is 0 Å². The first kappa shape index (κ1) is 29.9. The van der Waals surface area contributed by atoms with Crippen LogP contribution in [0.3, 0.4) is 0 Å². The molecule has 196 valence electrons. The summed E-state index contributed by atoms with van der Waals surface area (Å²) in [6, 6.07) is 2.38. The van der Waals surface area contributed by atoms with Crippen molar-refractivity contribution in [2.75, 3.05) is 0 Å². The number of carbonyl (C=O) groups excluding carboxylic acids is 3. The van der Waals surface area contributed by atoms with Gasteiger partial charge in [-0.25, -0.2) is 4.79 Å². The van der Waals surface area contributed by atoms with E-state index in [1.807, 2.05) is 6.92 Å². The van der Waals surface area contributed by atoms with Crippen LogP contribution in [0.15, 0.2) is 24.3 Å². The lowest BCUT2D eigenvalue weighted by molar-refractivity contribution is -0.144. The number of rotatable bonds is 13. The fraction of sp³-hybridized carbons (Fsp3) is 0.600. The fourth-order valence-corrected chi connectivity index (χ4v) is 3.48. The van der Waals surface area contributed by atoms with Crippen LogP contribution < -0.4 is 21.7 Å². The number of carboxylic acid groups (broad SMARTS) is 1. The van der Waals surface area contributed by atoms with Gasteiger partial charge >= 0.3 is 5.97 Å². The standard InChI is InChI=1S/C25H40N4O6/c1-7-15(6)21(29-22(31)18(26)12-16-8-10-17(30)11-9-16)24(33)27-19(13(2)3)23(32)28-20(14(4)5)25(34)35/h8-11,13-15,18-21,30H,7,12,26H2,1-6H3,(H,27,33)(H,28,32)(H,29,31)(H,34,35). The molecule has 0 heterocycles. The van der Waals surface area contributed by atoms with Crippen molar-refractivity contribution >= 4 is 23.7 Å². The summed E-state index contributed by atoms with van der Waals surface area (Å²) in [6.07, 6.45) is 0.794. The number of aromatic hydroxyl groups is 1. The van der Waals surface area contributed by atoms with Crippen LogP contribution in [0.1, 0.15) is 53.5 Å². The van der Waals surface area contributed by atoms with Gasteiger partial charge in [0.1, 0.15) is 23.9 Å². The highest BCUT2D eigenvalue weighted by atomic mass is 16.4. The molecule has 0 saturated heterocycles. The molecule has 1 rings (SSSR count). The van der Waals surface area contributed by atoms with E-state index in [0.29, 0.717) is 6.42 Å². The number of phenols is 1. The van der Waals surface area contributed by atoms with Crippen LogP contribution in [-0.2, 0) is 25.6 Å². The van der Waals surface area contributed by atoms with Gasteiger partial charge in [-0.15, -0.1) is 0 Å². The molecule has 5 unspecified atom stereocenters. The molecule has 5 atom stereocenters. The number of phenolic OH excluding ortho intramolecular Hbond substituents is 1. The predicted molar refractivity (Wildman–Crippen MR) is 132 cm³/mol. The molecule has 0 radical (unpaired) electrons. The predicted octanol–water partition coefficient (Wildman–Crippen LogP) is 1.16. The van der Waals surface area contributed by atoms with Gasteiger partial charge in [0.05, 0.1) is 6.04 Å². The van der Waals surface area contributed by atoms with Crippen LogP contribution in [-0.4, -0.2) is 58.1 Å². The highest BCUT2D eigenvalue weighted by molar-refractivity contribution is 5.94. The van der Waals surface area contributed by atoms with Gasteiger partial charge in [-0.3, -0.25) is 14.4 Å². The average molecular weight is 493 g/mol. The number of amides is 3. The van der Waals surface area contributed by atoms with E-state index in [9.17, 15) is 29.4 Å². The van der Waals surface area contributed by atoms with Gasteiger partial charge in [0.25, 0.3) is 0 Å². The molecule has 10 nitrogen and oxygen atoms in total. The molecular weight excluding hydrogens is 452 g/mol. The van der Waals surface area contributed by atoms with E-state index in [1.165, 1.54) is 12.1 Å². The molecule has 35 heavy (non-hydrogen) atoms. The van der Waals surface area contributed by atoms with Crippen LogP contribution in [0.2, 0.25) is 0 Å². The Hall–Kier alpha value is -3.14. The van der Waals surface area contributed by atoms with E-state index >= 15 is 0 Å². The molecule has 0 aliphatic carbocycles. The molecule has 10 heteroatoms. The van der Waals surface area contributed by atoms with Crippen molar-refractivity contribution in [2.24, 2.45) is 23.5 Å². The van der Waals surface area contributed by atoms with Crippen LogP contribution in [0.4, 0.5) is 0 Å². The maximum atomic E-state index is 13.2. The van der Waals surface area contributed by atoms with E-state index in [1.54, 1.807) is 46.8 Å². The summed E-state index contributed by atoms with van der Waals surface area (Å²) in [5.74, 6) is -3.65. The minimum absolute atomic E-state index is 0.104. The minimum Gasteiger partial charge on any atom is -0.508 e. The Morgan fingerprint density at radius 3 is 1.71 bits per heavy atom. The Bertz CT molecular complexity index is 871. The number of benzene rings is 1. The number of carboxylic acids is 1. The molecule has 0 spiro atoms. The van der Waals surface area contributed by atoms with Gasteiger partial charge in [0.2, 0.25) is 17.7 Å². The van der Waals surface area contributed by atoms with E-state index in [4.69, 9.17) is 5.73 Å². The van der Waals surface area contributed by atoms with Crippen molar-refractivity contribution in [3.63, 3.8) is 0 Å². The number of nitrogens with one attached hydrogen (secondary N) is 3. The van der Waals surface area contributed by atoms with E-state index < -0.39 is 47.9 Å². The topological polar surface area (TPSA) is 171 Å². The second kappa shape index (κ2) is 13.7. The zero-order valence-corrected chi connectivity index (χ0v) is 21.4. The van der Waals surface area contributed by atoms with Crippen molar-refractivity contribution < 1.29 is 29.4 Å². The summed E-state index contributed by atoms with van der Waals surface area (Å²) >= 11 is 0. The Balaban J connectivity index is 2.96. The molecule has 0 aliphatic heterocycles. The molecule has 1 aromatic carbocycles. The van der Waals surface area contributed by atoms with E-state index in [2.05, 4.69) is 16.0 Å². The minimum atomic E-state index is -1.16. The Kier molecular flexibility index (Phi) is 11.7. The number of hydrogen-bond acceptors (Lipinski definition) is 6. The van der Waals surface area contributed by atoms with Gasteiger partial charge < -0.3 is 31.9 Å². The Labute approximate surface area is 207 Å². The zero-order chi connectivity index (χ0) is 26.9. The first-order valence-corrected chi connectivity index (χ1v) is 12.0. The second-order valence-corrected chi connectivity index (χ2v) is 9.65. The molecule has 0 aliphatic rings. The largest absolute Gasteiger partial charge is 0.508 e. The van der Waals surface area contributed by atoms with Gasteiger partial charge in [-0.2, -0.15) is 0 Å². The number of nitrogens with two attached hydrogens (primary N) is 1. The van der Waals surface area contributed by atoms with Gasteiger partial charge in [-0.1, -0.05) is 60.1 Å². The van der Waals surface area contributed by atoms with E-state index in [0.717, 1.165) is 5.56 Å². The van der Waals surface area contributed by atoms with Crippen LogP contribution >= 0.6 is 0 Å². The number of carbonyl (C=O) groups is 4. The maximum absolute atomic E-state index is 13.2. The maximum Gasteiger partial charge on any atom is 0.326 e. The first-order valence-electron chi connectivity index (χ1n) is 12.0. The first-order chi connectivity index (χ1) is 16.3. The molecular formula is C25H40N4O6. The molecule has 3 amide bonds. The summed E-state index contributed by atoms with van der Waals surface area (Å²) in [4.78, 5) is 50.3. The summed E-state index contributed by atoms with van der Waals surface area (Å²) in [7, 11) is 0. The van der Waals surface area contributed by atoms with Crippen molar-refractivity contribution in [2.45, 2.75) is 78.6 Å². The summed E-state index contributed by atoms with van der Waals surface area (Å²) in [5, 5.41) is 26.7. The third kappa shape index (κ3) is 9.20. The SMILES string of the molecule is CCC(C)C(NC(=O)C(N)Cc1ccc(O)cc1)C(=O)NC(C(=O)NC(C(=O)O)C(C)C)C(C)C. The quantitative estimate of drug-likeness (QED) is 0.240. The number of hydrogen-bond donors (Lipinski definition) is 6. The molecule has 0 aromatic heterocycles. The molecule has 0 bridgehead atoms. The fourth-order valence-electron chi connectivity index (χ4n) is 3.48. The third-order valence-corrected chi connectivity index (χ3v) is 6.00. The lowest BCUT2D eigenvalue weighted by Gasteiger charge is -2.29.